The normalized spacial score (nSPS) is 11.2. The minimum atomic E-state index is -0.361. The van der Waals surface area contributed by atoms with Gasteiger partial charge in [0.15, 0.2) is 5.65 Å². The molecule has 0 aromatic carbocycles. The zero-order chi connectivity index (χ0) is 12.3. The monoisotopic (exact) mass is 343 g/mol. The van der Waals surface area contributed by atoms with Gasteiger partial charge in [-0.2, -0.15) is 5.10 Å². The van der Waals surface area contributed by atoms with Crippen molar-refractivity contribution in [3.05, 3.63) is 33.8 Å². The summed E-state index contributed by atoms with van der Waals surface area (Å²) in [7, 11) is 0. The molecule has 0 aliphatic carbocycles. The second-order valence-electron chi connectivity index (χ2n) is 3.18. The van der Waals surface area contributed by atoms with Crippen LogP contribution in [-0.2, 0) is 9.53 Å². The van der Waals surface area contributed by atoms with Crippen LogP contribution in [0.5, 0.6) is 0 Å². The molecule has 0 atom stereocenters. The number of hydrogen-bond acceptors (Lipinski definition) is 4. The number of halogens is 1. The number of esters is 1. The third-order valence-electron chi connectivity index (χ3n) is 2.09. The van der Waals surface area contributed by atoms with E-state index in [0.29, 0.717) is 6.61 Å². The molecule has 0 fully saturated rings. The van der Waals surface area contributed by atoms with Gasteiger partial charge >= 0.3 is 5.97 Å². The molecule has 0 radical (unpaired) electrons. The number of aromatic nitrogens is 3. The highest BCUT2D eigenvalue weighted by molar-refractivity contribution is 14.1. The van der Waals surface area contributed by atoms with Gasteiger partial charge in [0.2, 0.25) is 0 Å². The van der Waals surface area contributed by atoms with Crippen molar-refractivity contribution in [2.75, 3.05) is 6.61 Å². The van der Waals surface area contributed by atoms with Crippen LogP contribution in [0.25, 0.3) is 11.7 Å². The summed E-state index contributed by atoms with van der Waals surface area (Å²) in [4.78, 5) is 15.3. The minimum absolute atomic E-state index is 0.361. The largest absolute Gasteiger partial charge is 0.463 e. The fraction of sp³-hybridized carbons (Fsp3) is 0.182. The zero-order valence-corrected chi connectivity index (χ0v) is 11.3. The van der Waals surface area contributed by atoms with Crippen LogP contribution >= 0.6 is 22.6 Å². The highest BCUT2D eigenvalue weighted by atomic mass is 127. The number of pyridine rings is 1. The lowest BCUT2D eigenvalue weighted by atomic mass is 10.3. The van der Waals surface area contributed by atoms with E-state index in [1.807, 2.05) is 12.1 Å². The van der Waals surface area contributed by atoms with Crippen molar-refractivity contribution in [3.63, 3.8) is 0 Å². The number of ether oxygens (including phenoxy) is 1. The Bertz CT molecular complexity index is 577. The van der Waals surface area contributed by atoms with Gasteiger partial charge < -0.3 is 4.74 Å². The molecule has 5 nitrogen and oxygen atoms in total. The molecule has 0 spiro atoms. The maximum Gasteiger partial charge on any atom is 0.330 e. The maximum absolute atomic E-state index is 11.2. The van der Waals surface area contributed by atoms with Crippen molar-refractivity contribution < 1.29 is 9.53 Å². The SMILES string of the molecule is CCOC(=O)/C=C/c1c(I)ccc2ncnn12. The Hall–Kier alpha value is -1.44. The van der Waals surface area contributed by atoms with Crippen molar-refractivity contribution in [2.24, 2.45) is 0 Å². The molecule has 0 N–H and O–H groups in total. The van der Waals surface area contributed by atoms with E-state index in [0.717, 1.165) is 14.9 Å². The third-order valence-corrected chi connectivity index (χ3v) is 3.00. The van der Waals surface area contributed by atoms with Gasteiger partial charge in [0.05, 0.1) is 12.3 Å². The number of rotatable bonds is 3. The average Bonchev–Trinajstić information content (AvgIpc) is 2.76. The molecular formula is C11H10IN3O2. The van der Waals surface area contributed by atoms with E-state index >= 15 is 0 Å². The minimum Gasteiger partial charge on any atom is -0.463 e. The summed E-state index contributed by atoms with van der Waals surface area (Å²) in [5, 5.41) is 4.10. The topological polar surface area (TPSA) is 56.5 Å². The smallest absolute Gasteiger partial charge is 0.330 e. The van der Waals surface area contributed by atoms with Crippen molar-refractivity contribution in [3.8, 4) is 0 Å². The number of nitrogens with zero attached hydrogens (tertiary/aromatic N) is 3. The van der Waals surface area contributed by atoms with Gasteiger partial charge in [0.1, 0.15) is 6.33 Å². The Kier molecular flexibility index (Phi) is 3.72. The van der Waals surface area contributed by atoms with Gasteiger partial charge in [-0.3, -0.25) is 0 Å². The molecule has 0 amide bonds. The number of fused-ring (bicyclic) bond motifs is 1. The van der Waals surface area contributed by atoms with Crippen molar-refractivity contribution in [2.45, 2.75) is 6.92 Å². The molecule has 17 heavy (non-hydrogen) atoms. The first-order valence-corrected chi connectivity index (χ1v) is 6.13. The Balaban J connectivity index is 2.37. The van der Waals surface area contributed by atoms with Gasteiger partial charge in [-0.05, 0) is 47.7 Å². The van der Waals surface area contributed by atoms with Gasteiger partial charge in [-0.25, -0.2) is 14.3 Å². The van der Waals surface area contributed by atoms with Crippen LogP contribution in [0.2, 0.25) is 0 Å². The maximum atomic E-state index is 11.2. The number of hydrogen-bond donors (Lipinski definition) is 0. The number of carbonyl (C=O) groups is 1. The Labute approximate surface area is 112 Å². The molecule has 0 unspecified atom stereocenters. The summed E-state index contributed by atoms with van der Waals surface area (Å²) in [5.74, 6) is -0.361. The molecule has 0 saturated carbocycles. The summed E-state index contributed by atoms with van der Waals surface area (Å²) in [6.07, 6.45) is 4.55. The van der Waals surface area contributed by atoms with E-state index in [4.69, 9.17) is 4.74 Å². The molecular weight excluding hydrogens is 333 g/mol. The second kappa shape index (κ2) is 5.26. The van der Waals surface area contributed by atoms with E-state index in [-0.39, 0.29) is 5.97 Å². The zero-order valence-electron chi connectivity index (χ0n) is 9.13. The van der Waals surface area contributed by atoms with Gasteiger partial charge in [0.25, 0.3) is 0 Å². The molecule has 2 aromatic heterocycles. The van der Waals surface area contributed by atoms with E-state index in [1.165, 1.54) is 12.4 Å². The van der Waals surface area contributed by atoms with Crippen LogP contribution in [0.1, 0.15) is 12.6 Å². The fourth-order valence-electron chi connectivity index (χ4n) is 1.37. The lowest BCUT2D eigenvalue weighted by Gasteiger charge is -2.01. The van der Waals surface area contributed by atoms with Crippen LogP contribution in [0.3, 0.4) is 0 Å². The highest BCUT2D eigenvalue weighted by Gasteiger charge is 2.05. The standard InChI is InChI=1S/C11H10IN3O2/c1-2-17-11(16)6-4-9-8(12)3-5-10-13-7-14-15(9)10/h3-7H,2H2,1H3/b6-4+. The predicted molar refractivity (Wildman–Crippen MR) is 71.4 cm³/mol. The molecule has 2 rings (SSSR count). The van der Waals surface area contributed by atoms with Crippen LogP contribution in [-0.4, -0.2) is 27.2 Å². The van der Waals surface area contributed by atoms with Gasteiger partial charge in [-0.15, -0.1) is 0 Å². The Morgan fingerprint density at radius 2 is 2.41 bits per heavy atom. The van der Waals surface area contributed by atoms with E-state index in [1.54, 1.807) is 17.5 Å². The average molecular weight is 343 g/mol. The Morgan fingerprint density at radius 1 is 1.59 bits per heavy atom. The van der Waals surface area contributed by atoms with E-state index < -0.39 is 0 Å². The molecule has 6 heteroatoms. The molecule has 0 saturated heterocycles. The first-order chi connectivity index (χ1) is 8.22. The summed E-state index contributed by atoms with van der Waals surface area (Å²) in [5.41, 5.74) is 1.56. The van der Waals surface area contributed by atoms with E-state index in [9.17, 15) is 4.79 Å². The lowest BCUT2D eigenvalue weighted by Crippen LogP contribution is -2.01. The fourth-order valence-corrected chi connectivity index (χ4v) is 1.96. The van der Waals surface area contributed by atoms with Crippen LogP contribution in [0.15, 0.2) is 24.5 Å². The summed E-state index contributed by atoms with van der Waals surface area (Å²) < 4.78 is 7.49. The Morgan fingerprint density at radius 3 is 3.18 bits per heavy atom. The van der Waals surface area contributed by atoms with Crippen LogP contribution < -0.4 is 0 Å². The first-order valence-electron chi connectivity index (χ1n) is 5.05. The molecule has 88 valence electrons. The van der Waals surface area contributed by atoms with Crippen LogP contribution in [0, 0.1) is 3.57 Å². The molecule has 2 heterocycles. The number of carbonyl (C=O) groups excluding carboxylic acids is 1. The van der Waals surface area contributed by atoms with Gasteiger partial charge in [0, 0.05) is 9.65 Å². The van der Waals surface area contributed by atoms with Crippen molar-refractivity contribution in [1.29, 1.82) is 0 Å². The summed E-state index contributed by atoms with van der Waals surface area (Å²) in [6.45, 7) is 2.14. The quantitative estimate of drug-likeness (QED) is 0.485. The van der Waals surface area contributed by atoms with Gasteiger partial charge in [-0.1, -0.05) is 0 Å². The van der Waals surface area contributed by atoms with E-state index in [2.05, 4.69) is 32.7 Å². The third kappa shape index (κ3) is 2.63. The molecule has 2 aromatic rings. The summed E-state index contributed by atoms with van der Waals surface area (Å²) >= 11 is 2.18. The summed E-state index contributed by atoms with van der Waals surface area (Å²) in [6, 6.07) is 3.80. The lowest BCUT2D eigenvalue weighted by molar-refractivity contribution is -0.137. The predicted octanol–water partition coefficient (Wildman–Crippen LogP) is 1.91. The second-order valence-corrected chi connectivity index (χ2v) is 4.34. The van der Waals surface area contributed by atoms with Crippen LogP contribution in [0.4, 0.5) is 0 Å². The van der Waals surface area contributed by atoms with Crippen molar-refractivity contribution in [1.82, 2.24) is 14.6 Å². The molecule has 0 aliphatic heterocycles. The first kappa shape index (κ1) is 12.0. The molecule has 0 aliphatic rings. The molecule has 0 bridgehead atoms. The highest BCUT2D eigenvalue weighted by Crippen LogP contribution is 2.15. The van der Waals surface area contributed by atoms with Crippen molar-refractivity contribution >= 4 is 40.3 Å².